The van der Waals surface area contributed by atoms with Gasteiger partial charge in [-0.3, -0.25) is 0 Å². The summed E-state index contributed by atoms with van der Waals surface area (Å²) < 4.78 is 5.22. The summed E-state index contributed by atoms with van der Waals surface area (Å²) in [6, 6.07) is 21.6. The van der Waals surface area contributed by atoms with E-state index >= 15 is 0 Å². The molecule has 0 radical (unpaired) electrons. The van der Waals surface area contributed by atoms with Crippen LogP contribution in [-0.4, -0.2) is 12.2 Å². The third kappa shape index (κ3) is 2.26. The number of aliphatic hydroxyl groups is 1. The van der Waals surface area contributed by atoms with Crippen molar-refractivity contribution in [2.45, 2.75) is 6.10 Å². The van der Waals surface area contributed by atoms with Gasteiger partial charge in [-0.15, -0.1) is 0 Å². The van der Waals surface area contributed by atoms with Crippen molar-refractivity contribution < 1.29 is 9.84 Å². The summed E-state index contributed by atoms with van der Waals surface area (Å²) in [5, 5.41) is 12.9. The minimum absolute atomic E-state index is 0.656. The van der Waals surface area contributed by atoms with Gasteiger partial charge in [0.05, 0.1) is 7.11 Å². The van der Waals surface area contributed by atoms with Crippen molar-refractivity contribution in [2.24, 2.45) is 0 Å². The molecular weight excluding hydrogens is 248 g/mol. The van der Waals surface area contributed by atoms with Crippen LogP contribution in [0.25, 0.3) is 10.8 Å². The molecule has 1 atom stereocenters. The molecule has 0 saturated heterocycles. The minimum Gasteiger partial charge on any atom is -0.497 e. The SMILES string of the molecule is COc1cccc([C@@H](O)c2cccc3ccccc23)c1. The van der Waals surface area contributed by atoms with Gasteiger partial charge >= 0.3 is 0 Å². The Labute approximate surface area is 118 Å². The molecule has 0 unspecified atom stereocenters. The lowest BCUT2D eigenvalue weighted by atomic mass is 9.96. The molecule has 2 nitrogen and oxygen atoms in total. The maximum atomic E-state index is 10.7. The molecule has 0 aromatic heterocycles. The maximum absolute atomic E-state index is 10.7. The summed E-state index contributed by atoms with van der Waals surface area (Å²) >= 11 is 0. The van der Waals surface area contributed by atoms with Gasteiger partial charge in [0, 0.05) is 0 Å². The first-order chi connectivity index (χ1) is 9.79. The van der Waals surface area contributed by atoms with E-state index < -0.39 is 6.10 Å². The van der Waals surface area contributed by atoms with Crippen molar-refractivity contribution in [3.05, 3.63) is 77.9 Å². The van der Waals surface area contributed by atoms with E-state index in [9.17, 15) is 5.11 Å². The van der Waals surface area contributed by atoms with E-state index in [2.05, 4.69) is 12.1 Å². The van der Waals surface area contributed by atoms with Crippen LogP contribution in [0.15, 0.2) is 66.7 Å². The maximum Gasteiger partial charge on any atom is 0.119 e. The second kappa shape index (κ2) is 5.35. The van der Waals surface area contributed by atoms with Crippen LogP contribution in [0.2, 0.25) is 0 Å². The lowest BCUT2D eigenvalue weighted by Gasteiger charge is -2.15. The highest BCUT2D eigenvalue weighted by molar-refractivity contribution is 5.86. The average molecular weight is 264 g/mol. The fourth-order valence-electron chi connectivity index (χ4n) is 2.48. The van der Waals surface area contributed by atoms with Gasteiger partial charge in [0.15, 0.2) is 0 Å². The van der Waals surface area contributed by atoms with Crippen LogP contribution in [0.5, 0.6) is 5.75 Å². The van der Waals surface area contributed by atoms with Crippen LogP contribution in [0.1, 0.15) is 17.2 Å². The average Bonchev–Trinajstić information content (AvgIpc) is 2.53. The molecule has 100 valence electrons. The molecule has 0 amide bonds. The third-order valence-corrected chi connectivity index (χ3v) is 3.53. The van der Waals surface area contributed by atoms with E-state index in [1.807, 2.05) is 54.6 Å². The zero-order valence-corrected chi connectivity index (χ0v) is 11.3. The Hall–Kier alpha value is -2.32. The molecule has 1 N–H and O–H groups in total. The number of rotatable bonds is 3. The van der Waals surface area contributed by atoms with Crippen LogP contribution in [-0.2, 0) is 0 Å². The summed E-state index contributed by atoms with van der Waals surface area (Å²) in [7, 11) is 1.63. The monoisotopic (exact) mass is 264 g/mol. The highest BCUT2D eigenvalue weighted by Crippen LogP contribution is 2.30. The van der Waals surface area contributed by atoms with Gasteiger partial charge in [-0.05, 0) is 34.0 Å². The van der Waals surface area contributed by atoms with Gasteiger partial charge in [-0.2, -0.15) is 0 Å². The van der Waals surface area contributed by atoms with E-state index in [0.29, 0.717) is 0 Å². The molecular formula is C18H16O2. The summed E-state index contributed by atoms with van der Waals surface area (Å²) in [6.45, 7) is 0. The zero-order chi connectivity index (χ0) is 13.9. The lowest BCUT2D eigenvalue weighted by Crippen LogP contribution is -2.00. The standard InChI is InChI=1S/C18H16O2/c1-20-15-9-4-8-14(12-15)18(19)17-11-5-7-13-6-2-3-10-16(13)17/h2-12,18-19H,1H3/t18-/m1/s1. The fraction of sp³-hybridized carbons (Fsp3) is 0.111. The Balaban J connectivity index is 2.10. The first-order valence-corrected chi connectivity index (χ1v) is 6.59. The molecule has 0 heterocycles. The number of hydrogen-bond acceptors (Lipinski definition) is 2. The van der Waals surface area contributed by atoms with Gasteiger partial charge < -0.3 is 9.84 Å². The highest BCUT2D eigenvalue weighted by Gasteiger charge is 2.13. The summed E-state index contributed by atoms with van der Waals surface area (Å²) in [5.41, 5.74) is 1.75. The van der Waals surface area contributed by atoms with Gasteiger partial charge in [0.25, 0.3) is 0 Å². The van der Waals surface area contributed by atoms with Crippen LogP contribution >= 0.6 is 0 Å². The predicted octanol–water partition coefficient (Wildman–Crippen LogP) is 3.93. The Morgan fingerprint density at radius 2 is 1.65 bits per heavy atom. The second-order valence-corrected chi connectivity index (χ2v) is 4.75. The predicted molar refractivity (Wildman–Crippen MR) is 81.0 cm³/mol. The molecule has 3 aromatic rings. The van der Waals surface area contributed by atoms with E-state index in [4.69, 9.17) is 4.74 Å². The molecule has 0 aliphatic rings. The third-order valence-electron chi connectivity index (χ3n) is 3.53. The number of aliphatic hydroxyl groups excluding tert-OH is 1. The van der Waals surface area contributed by atoms with Crippen molar-refractivity contribution in [3.63, 3.8) is 0 Å². The Kier molecular flexibility index (Phi) is 3.40. The van der Waals surface area contributed by atoms with Gasteiger partial charge in [0.2, 0.25) is 0 Å². The van der Waals surface area contributed by atoms with Crippen molar-refractivity contribution in [3.8, 4) is 5.75 Å². The summed E-state index contributed by atoms with van der Waals surface area (Å²) in [5.74, 6) is 0.752. The summed E-state index contributed by atoms with van der Waals surface area (Å²) in [6.07, 6.45) is -0.656. The lowest BCUT2D eigenvalue weighted by molar-refractivity contribution is 0.221. The van der Waals surface area contributed by atoms with Crippen molar-refractivity contribution >= 4 is 10.8 Å². The highest BCUT2D eigenvalue weighted by atomic mass is 16.5. The van der Waals surface area contributed by atoms with Gasteiger partial charge in [-0.1, -0.05) is 54.6 Å². The van der Waals surface area contributed by atoms with Gasteiger partial charge in [-0.25, -0.2) is 0 Å². The van der Waals surface area contributed by atoms with E-state index in [1.165, 1.54) is 0 Å². The van der Waals surface area contributed by atoms with E-state index in [1.54, 1.807) is 7.11 Å². The van der Waals surface area contributed by atoms with Crippen molar-refractivity contribution in [1.29, 1.82) is 0 Å². The van der Waals surface area contributed by atoms with Crippen molar-refractivity contribution in [1.82, 2.24) is 0 Å². The Morgan fingerprint density at radius 1 is 0.900 bits per heavy atom. The molecule has 0 bridgehead atoms. The molecule has 0 saturated carbocycles. The number of hydrogen-bond donors (Lipinski definition) is 1. The molecule has 0 fully saturated rings. The molecule has 0 aliphatic carbocycles. The molecule has 0 spiro atoms. The topological polar surface area (TPSA) is 29.5 Å². The van der Waals surface area contributed by atoms with E-state index in [0.717, 1.165) is 27.6 Å². The molecule has 0 aliphatic heterocycles. The van der Waals surface area contributed by atoms with E-state index in [-0.39, 0.29) is 0 Å². The van der Waals surface area contributed by atoms with Crippen LogP contribution in [0.4, 0.5) is 0 Å². The number of methoxy groups -OCH3 is 1. The smallest absolute Gasteiger partial charge is 0.119 e. The van der Waals surface area contributed by atoms with Crippen molar-refractivity contribution in [2.75, 3.05) is 7.11 Å². The Bertz CT molecular complexity index is 729. The summed E-state index contributed by atoms with van der Waals surface area (Å²) in [4.78, 5) is 0. The zero-order valence-electron chi connectivity index (χ0n) is 11.3. The quantitative estimate of drug-likeness (QED) is 0.776. The molecule has 20 heavy (non-hydrogen) atoms. The second-order valence-electron chi connectivity index (χ2n) is 4.75. The molecule has 2 heteroatoms. The van der Waals surface area contributed by atoms with Crippen LogP contribution in [0, 0.1) is 0 Å². The normalized spacial score (nSPS) is 12.3. The largest absolute Gasteiger partial charge is 0.497 e. The first-order valence-electron chi connectivity index (χ1n) is 6.59. The number of benzene rings is 3. The van der Waals surface area contributed by atoms with Crippen LogP contribution < -0.4 is 4.74 Å². The van der Waals surface area contributed by atoms with Gasteiger partial charge in [0.1, 0.15) is 11.9 Å². The van der Waals surface area contributed by atoms with Crippen LogP contribution in [0.3, 0.4) is 0 Å². The first kappa shape index (κ1) is 12.7. The molecule has 3 aromatic carbocycles. The Morgan fingerprint density at radius 3 is 2.50 bits per heavy atom. The number of fused-ring (bicyclic) bond motifs is 1. The molecule has 3 rings (SSSR count). The fourth-order valence-corrected chi connectivity index (χ4v) is 2.48. The minimum atomic E-state index is -0.656. The number of ether oxygens (including phenoxy) is 1.